The fourth-order valence-electron chi connectivity index (χ4n) is 1.76. The van der Waals surface area contributed by atoms with Crippen LogP contribution in [0.5, 0.6) is 0 Å². The van der Waals surface area contributed by atoms with Crippen molar-refractivity contribution in [3.8, 4) is 0 Å². The fourth-order valence-corrected chi connectivity index (χ4v) is 2.56. The molecule has 0 amide bonds. The number of halogens is 3. The Morgan fingerprint density at radius 1 is 1.29 bits per heavy atom. The van der Waals surface area contributed by atoms with E-state index in [2.05, 4.69) is 27.5 Å². The first-order valence-electron chi connectivity index (χ1n) is 8.08. The fraction of sp³-hybridized carbons (Fsp3) is 0.733. The second kappa shape index (κ2) is 11.2. The molecule has 0 radical (unpaired) electrons. The number of thiazole rings is 1. The van der Waals surface area contributed by atoms with E-state index < -0.39 is 11.9 Å². The summed E-state index contributed by atoms with van der Waals surface area (Å²) in [5.41, 5.74) is -0.827. The highest BCUT2D eigenvalue weighted by molar-refractivity contribution is 7.09. The summed E-state index contributed by atoms with van der Waals surface area (Å²) in [4.78, 5) is 7.96. The molecule has 0 aliphatic heterocycles. The molecular weight excluding hydrogens is 341 g/mol. The zero-order chi connectivity index (χ0) is 17.8. The Morgan fingerprint density at radius 2 is 2.08 bits per heavy atom. The number of nitrogens with one attached hydrogen (secondary N) is 2. The van der Waals surface area contributed by atoms with Crippen LogP contribution < -0.4 is 10.6 Å². The van der Waals surface area contributed by atoms with Gasteiger partial charge in [-0.05, 0) is 13.3 Å². The van der Waals surface area contributed by atoms with Crippen LogP contribution in [0.3, 0.4) is 0 Å². The monoisotopic (exact) mass is 366 g/mol. The van der Waals surface area contributed by atoms with E-state index in [9.17, 15) is 13.2 Å². The maximum absolute atomic E-state index is 12.5. The van der Waals surface area contributed by atoms with Crippen LogP contribution in [0.2, 0.25) is 0 Å². The van der Waals surface area contributed by atoms with Gasteiger partial charge in [0, 0.05) is 31.5 Å². The van der Waals surface area contributed by atoms with Crippen molar-refractivity contribution in [1.82, 2.24) is 15.6 Å². The molecule has 9 heteroatoms. The third kappa shape index (κ3) is 8.49. The number of rotatable bonds is 10. The standard InChI is InChI=1S/C15H25F3N4OS/c1-3-5-9-23-10-8-21-14(19-4-2)20-7-6-13-22-12(11-24-13)15(16,17)18/h11H,3-10H2,1-2H3,(H2,19,20,21). The first kappa shape index (κ1) is 20.7. The van der Waals surface area contributed by atoms with Gasteiger partial charge in [0.25, 0.3) is 0 Å². The molecular formula is C15H25F3N4OS. The molecule has 0 aromatic carbocycles. The Kier molecular flexibility index (Phi) is 9.70. The van der Waals surface area contributed by atoms with Gasteiger partial charge in [0.2, 0.25) is 0 Å². The van der Waals surface area contributed by atoms with Crippen LogP contribution in [0.15, 0.2) is 10.4 Å². The summed E-state index contributed by atoms with van der Waals surface area (Å²) in [6.45, 7) is 7.06. The topological polar surface area (TPSA) is 58.5 Å². The highest BCUT2D eigenvalue weighted by Gasteiger charge is 2.33. The largest absolute Gasteiger partial charge is 0.434 e. The molecule has 5 nitrogen and oxygen atoms in total. The van der Waals surface area contributed by atoms with Crippen LogP contribution >= 0.6 is 11.3 Å². The zero-order valence-corrected chi connectivity index (χ0v) is 14.9. The molecule has 0 saturated heterocycles. The molecule has 0 saturated carbocycles. The van der Waals surface area contributed by atoms with Crippen LogP contribution in [-0.4, -0.2) is 43.8 Å². The first-order valence-corrected chi connectivity index (χ1v) is 8.96. The molecule has 2 N–H and O–H groups in total. The van der Waals surface area contributed by atoms with Gasteiger partial charge in [-0.1, -0.05) is 13.3 Å². The van der Waals surface area contributed by atoms with E-state index >= 15 is 0 Å². The quantitative estimate of drug-likeness (QED) is 0.380. The third-order valence-corrected chi connectivity index (χ3v) is 3.87. The lowest BCUT2D eigenvalue weighted by molar-refractivity contribution is -0.140. The smallest absolute Gasteiger partial charge is 0.380 e. The minimum Gasteiger partial charge on any atom is -0.380 e. The number of nitrogens with zero attached hydrogens (tertiary/aromatic N) is 2. The molecule has 0 fully saturated rings. The Morgan fingerprint density at radius 3 is 2.71 bits per heavy atom. The Hall–Kier alpha value is -1.35. The Balaban J connectivity index is 2.33. The van der Waals surface area contributed by atoms with E-state index in [0.717, 1.165) is 36.2 Å². The van der Waals surface area contributed by atoms with Crippen LogP contribution in [-0.2, 0) is 17.3 Å². The van der Waals surface area contributed by atoms with Crippen molar-refractivity contribution in [2.24, 2.45) is 4.99 Å². The van der Waals surface area contributed by atoms with Crippen molar-refractivity contribution in [2.45, 2.75) is 39.3 Å². The van der Waals surface area contributed by atoms with Gasteiger partial charge in [0.15, 0.2) is 11.7 Å². The predicted octanol–water partition coefficient (Wildman–Crippen LogP) is 3.08. The van der Waals surface area contributed by atoms with Gasteiger partial charge in [-0.2, -0.15) is 13.2 Å². The average molecular weight is 366 g/mol. The molecule has 24 heavy (non-hydrogen) atoms. The molecule has 0 unspecified atom stereocenters. The van der Waals surface area contributed by atoms with Gasteiger partial charge in [0.1, 0.15) is 0 Å². The van der Waals surface area contributed by atoms with E-state index in [1.54, 1.807) is 0 Å². The van der Waals surface area contributed by atoms with E-state index in [4.69, 9.17) is 4.74 Å². The van der Waals surface area contributed by atoms with Gasteiger partial charge < -0.3 is 15.4 Å². The third-order valence-electron chi connectivity index (χ3n) is 2.97. The second-order valence-corrected chi connectivity index (χ2v) is 5.97. The molecule has 0 bridgehead atoms. The summed E-state index contributed by atoms with van der Waals surface area (Å²) in [7, 11) is 0. The van der Waals surface area contributed by atoms with Gasteiger partial charge in [0.05, 0.1) is 18.2 Å². The van der Waals surface area contributed by atoms with Crippen molar-refractivity contribution >= 4 is 17.3 Å². The summed E-state index contributed by atoms with van der Waals surface area (Å²) >= 11 is 1.02. The van der Waals surface area contributed by atoms with Crippen molar-refractivity contribution < 1.29 is 17.9 Å². The Bertz CT molecular complexity index is 491. The SMILES string of the molecule is CCCCOCCN=C(NCC)NCCc1nc(C(F)(F)F)cs1. The predicted molar refractivity (Wildman–Crippen MR) is 90.5 cm³/mol. The number of unbranched alkanes of at least 4 members (excludes halogenated alkanes) is 1. The summed E-state index contributed by atoms with van der Waals surface area (Å²) in [5.74, 6) is 0.629. The Labute approximate surface area is 144 Å². The lowest BCUT2D eigenvalue weighted by Gasteiger charge is -2.10. The normalized spacial score (nSPS) is 12.5. The molecule has 0 spiro atoms. The van der Waals surface area contributed by atoms with E-state index in [1.165, 1.54) is 0 Å². The van der Waals surface area contributed by atoms with Gasteiger partial charge >= 0.3 is 6.18 Å². The molecule has 1 heterocycles. The summed E-state index contributed by atoms with van der Waals surface area (Å²) in [5, 5.41) is 7.67. The molecule has 0 aliphatic rings. The molecule has 138 valence electrons. The number of guanidine groups is 1. The van der Waals surface area contributed by atoms with Crippen molar-refractivity contribution in [3.05, 3.63) is 16.1 Å². The molecule has 1 aromatic rings. The summed E-state index contributed by atoms with van der Waals surface area (Å²) in [6.07, 6.45) is -1.83. The van der Waals surface area contributed by atoms with E-state index in [-0.39, 0.29) is 0 Å². The summed E-state index contributed by atoms with van der Waals surface area (Å²) in [6, 6.07) is 0. The van der Waals surface area contributed by atoms with Gasteiger partial charge in [-0.25, -0.2) is 4.98 Å². The molecule has 0 atom stereocenters. The number of ether oxygens (including phenoxy) is 1. The van der Waals surface area contributed by atoms with Gasteiger partial charge in [-0.15, -0.1) is 11.3 Å². The number of hydrogen-bond acceptors (Lipinski definition) is 4. The maximum atomic E-state index is 12.5. The first-order chi connectivity index (χ1) is 11.5. The van der Waals surface area contributed by atoms with E-state index in [0.29, 0.717) is 43.6 Å². The lowest BCUT2D eigenvalue weighted by atomic mass is 10.4. The van der Waals surface area contributed by atoms with Crippen LogP contribution in [0.4, 0.5) is 13.2 Å². The van der Waals surface area contributed by atoms with Crippen molar-refractivity contribution in [1.29, 1.82) is 0 Å². The lowest BCUT2D eigenvalue weighted by Crippen LogP contribution is -2.38. The second-order valence-electron chi connectivity index (χ2n) is 5.03. The minimum absolute atomic E-state index is 0.415. The number of aliphatic imine (C=N–C) groups is 1. The molecule has 1 rings (SSSR count). The highest BCUT2D eigenvalue weighted by atomic mass is 32.1. The molecule has 0 aliphatic carbocycles. The van der Waals surface area contributed by atoms with Crippen molar-refractivity contribution in [2.75, 3.05) is 32.8 Å². The summed E-state index contributed by atoms with van der Waals surface area (Å²) < 4.78 is 42.9. The number of hydrogen-bond donors (Lipinski definition) is 2. The maximum Gasteiger partial charge on any atom is 0.434 e. The van der Waals surface area contributed by atoms with Gasteiger partial charge in [-0.3, -0.25) is 4.99 Å². The zero-order valence-electron chi connectivity index (χ0n) is 14.1. The van der Waals surface area contributed by atoms with Crippen LogP contribution in [0.25, 0.3) is 0 Å². The number of aromatic nitrogens is 1. The number of alkyl halides is 3. The van der Waals surface area contributed by atoms with Crippen LogP contribution in [0.1, 0.15) is 37.4 Å². The average Bonchev–Trinajstić information content (AvgIpc) is 3.00. The van der Waals surface area contributed by atoms with E-state index in [1.807, 2.05) is 6.92 Å². The molecule has 1 aromatic heterocycles. The highest BCUT2D eigenvalue weighted by Crippen LogP contribution is 2.29. The minimum atomic E-state index is -4.38. The van der Waals surface area contributed by atoms with Crippen LogP contribution in [0, 0.1) is 0 Å². The van der Waals surface area contributed by atoms with Crippen molar-refractivity contribution in [3.63, 3.8) is 0 Å².